The normalized spacial score (nSPS) is 10.4. The van der Waals surface area contributed by atoms with E-state index in [9.17, 15) is 9.59 Å². The van der Waals surface area contributed by atoms with Gasteiger partial charge in [0.2, 0.25) is 0 Å². The summed E-state index contributed by atoms with van der Waals surface area (Å²) in [5.74, 6) is -0.661. The number of pyridine rings is 1. The number of rotatable bonds is 7. The summed E-state index contributed by atoms with van der Waals surface area (Å²) in [6.45, 7) is 2.89. The number of ether oxygens (including phenoxy) is 1. The third-order valence-corrected chi connectivity index (χ3v) is 3.99. The van der Waals surface area contributed by atoms with Crippen molar-refractivity contribution in [3.8, 4) is 0 Å². The van der Waals surface area contributed by atoms with Gasteiger partial charge in [0.15, 0.2) is 0 Å². The maximum atomic E-state index is 12.4. The summed E-state index contributed by atoms with van der Waals surface area (Å²) in [6.07, 6.45) is 2.15. The fourth-order valence-electron chi connectivity index (χ4n) is 2.15. The zero-order chi connectivity index (χ0) is 18.2. The van der Waals surface area contributed by atoms with Crippen molar-refractivity contribution < 1.29 is 14.3 Å². The highest BCUT2D eigenvalue weighted by atomic mass is 35.5. The molecule has 2 rings (SSSR count). The summed E-state index contributed by atoms with van der Waals surface area (Å²) in [6, 6.07) is 8.28. The lowest BCUT2D eigenvalue weighted by atomic mass is 10.1. The minimum Gasteiger partial charge on any atom is -0.385 e. The topological polar surface area (TPSA) is 80.3 Å². The van der Waals surface area contributed by atoms with Gasteiger partial charge < -0.3 is 15.4 Å². The van der Waals surface area contributed by atoms with E-state index in [1.165, 1.54) is 12.3 Å². The van der Waals surface area contributed by atoms with E-state index >= 15 is 0 Å². The Kier molecular flexibility index (Phi) is 6.91. The SMILES string of the molecule is COCCCNC(=O)c1ccnc(C(=O)Nc2cccc(Cl)c2C)c1. The minimum absolute atomic E-state index is 0.156. The van der Waals surface area contributed by atoms with Gasteiger partial charge in [0, 0.05) is 42.7 Å². The standard InChI is InChI=1S/C18H20ClN3O3/c1-12-14(19)5-3-6-15(12)22-18(24)16-11-13(7-9-20-16)17(23)21-8-4-10-25-2/h3,5-7,9,11H,4,8,10H2,1-2H3,(H,21,23)(H,22,24). The molecule has 6 nitrogen and oxygen atoms in total. The number of anilines is 1. The highest BCUT2D eigenvalue weighted by Gasteiger charge is 2.13. The van der Waals surface area contributed by atoms with Crippen molar-refractivity contribution in [2.45, 2.75) is 13.3 Å². The van der Waals surface area contributed by atoms with Gasteiger partial charge in [0.25, 0.3) is 11.8 Å². The molecule has 0 aliphatic carbocycles. The molecule has 0 bridgehead atoms. The molecule has 0 saturated carbocycles. The van der Waals surface area contributed by atoms with Crippen LogP contribution in [0.15, 0.2) is 36.5 Å². The summed E-state index contributed by atoms with van der Waals surface area (Å²) in [5, 5.41) is 6.09. The molecule has 0 fully saturated rings. The van der Waals surface area contributed by atoms with E-state index in [0.29, 0.717) is 35.8 Å². The molecule has 2 amide bonds. The molecule has 0 aliphatic rings. The number of aromatic nitrogens is 1. The summed E-state index contributed by atoms with van der Waals surface area (Å²) in [7, 11) is 1.61. The van der Waals surface area contributed by atoms with E-state index in [-0.39, 0.29) is 11.6 Å². The second-order valence-electron chi connectivity index (χ2n) is 5.40. The van der Waals surface area contributed by atoms with Crippen molar-refractivity contribution in [1.29, 1.82) is 0 Å². The smallest absolute Gasteiger partial charge is 0.274 e. The quantitative estimate of drug-likeness (QED) is 0.743. The van der Waals surface area contributed by atoms with Gasteiger partial charge >= 0.3 is 0 Å². The van der Waals surface area contributed by atoms with E-state index in [1.54, 1.807) is 31.4 Å². The van der Waals surface area contributed by atoms with Crippen molar-refractivity contribution in [1.82, 2.24) is 10.3 Å². The number of carbonyl (C=O) groups excluding carboxylic acids is 2. The predicted octanol–water partition coefficient (Wildman–Crippen LogP) is 3.06. The number of nitrogens with one attached hydrogen (secondary N) is 2. The third kappa shape index (κ3) is 5.27. The molecule has 1 heterocycles. The molecule has 0 radical (unpaired) electrons. The summed E-state index contributed by atoms with van der Waals surface area (Å²) in [4.78, 5) is 28.5. The molecule has 132 valence electrons. The number of amides is 2. The van der Waals surface area contributed by atoms with Crippen molar-refractivity contribution in [2.24, 2.45) is 0 Å². The summed E-state index contributed by atoms with van der Waals surface area (Å²) in [5.41, 5.74) is 1.91. The average Bonchev–Trinajstić information content (AvgIpc) is 2.62. The largest absolute Gasteiger partial charge is 0.385 e. The van der Waals surface area contributed by atoms with Gasteiger partial charge in [-0.1, -0.05) is 17.7 Å². The number of carbonyl (C=O) groups is 2. The lowest BCUT2D eigenvalue weighted by Gasteiger charge is -2.10. The predicted molar refractivity (Wildman–Crippen MR) is 97.2 cm³/mol. The van der Waals surface area contributed by atoms with Crippen molar-refractivity contribution in [2.75, 3.05) is 25.6 Å². The zero-order valence-corrected chi connectivity index (χ0v) is 14.9. The Bertz CT molecular complexity index is 765. The Morgan fingerprint density at radius 1 is 1.24 bits per heavy atom. The zero-order valence-electron chi connectivity index (χ0n) is 14.1. The van der Waals surface area contributed by atoms with Crippen LogP contribution in [0.4, 0.5) is 5.69 Å². The molecule has 0 unspecified atom stereocenters. The second kappa shape index (κ2) is 9.15. The highest BCUT2D eigenvalue weighted by Crippen LogP contribution is 2.23. The van der Waals surface area contributed by atoms with Crippen LogP contribution in [-0.4, -0.2) is 37.1 Å². The van der Waals surface area contributed by atoms with Crippen LogP contribution in [-0.2, 0) is 4.74 Å². The highest BCUT2D eigenvalue weighted by molar-refractivity contribution is 6.31. The van der Waals surface area contributed by atoms with Crippen LogP contribution < -0.4 is 10.6 Å². The lowest BCUT2D eigenvalue weighted by molar-refractivity contribution is 0.0948. The molecule has 2 N–H and O–H groups in total. The summed E-state index contributed by atoms with van der Waals surface area (Å²) >= 11 is 6.05. The van der Waals surface area contributed by atoms with Crippen molar-refractivity contribution in [3.05, 3.63) is 58.4 Å². The van der Waals surface area contributed by atoms with Gasteiger partial charge in [0.05, 0.1) is 0 Å². The van der Waals surface area contributed by atoms with E-state index in [1.807, 2.05) is 6.92 Å². The van der Waals surface area contributed by atoms with Crippen LogP contribution in [0.5, 0.6) is 0 Å². The number of methoxy groups -OCH3 is 1. The first-order valence-corrected chi connectivity index (χ1v) is 8.20. The number of hydrogen-bond donors (Lipinski definition) is 2. The van der Waals surface area contributed by atoms with Crippen LogP contribution in [0.2, 0.25) is 5.02 Å². The molecular formula is C18H20ClN3O3. The van der Waals surface area contributed by atoms with E-state index in [0.717, 1.165) is 5.56 Å². The molecule has 2 aromatic rings. The van der Waals surface area contributed by atoms with Crippen molar-refractivity contribution >= 4 is 29.1 Å². The molecule has 7 heteroatoms. The van der Waals surface area contributed by atoms with Crippen LogP contribution in [0.1, 0.15) is 32.8 Å². The Morgan fingerprint density at radius 2 is 2.04 bits per heavy atom. The maximum absolute atomic E-state index is 12.4. The maximum Gasteiger partial charge on any atom is 0.274 e. The molecule has 25 heavy (non-hydrogen) atoms. The fourth-order valence-corrected chi connectivity index (χ4v) is 2.32. The van der Waals surface area contributed by atoms with Gasteiger partial charge in [-0.05, 0) is 43.2 Å². The Hall–Kier alpha value is -2.44. The number of nitrogens with zero attached hydrogens (tertiary/aromatic N) is 1. The summed E-state index contributed by atoms with van der Waals surface area (Å²) < 4.78 is 4.93. The van der Waals surface area contributed by atoms with Crippen molar-refractivity contribution in [3.63, 3.8) is 0 Å². The minimum atomic E-state index is -0.403. The van der Waals surface area contributed by atoms with Crippen LogP contribution in [0.3, 0.4) is 0 Å². The Labute approximate surface area is 151 Å². The molecule has 1 aromatic heterocycles. The molecule has 0 saturated heterocycles. The van der Waals surface area contributed by atoms with Crippen LogP contribution in [0, 0.1) is 6.92 Å². The van der Waals surface area contributed by atoms with Gasteiger partial charge in [-0.3, -0.25) is 14.6 Å². The van der Waals surface area contributed by atoms with Crippen LogP contribution in [0.25, 0.3) is 0 Å². The van der Waals surface area contributed by atoms with Gasteiger partial charge in [0.1, 0.15) is 5.69 Å². The van der Waals surface area contributed by atoms with Gasteiger partial charge in [-0.2, -0.15) is 0 Å². The van der Waals surface area contributed by atoms with Crippen LogP contribution >= 0.6 is 11.6 Å². The van der Waals surface area contributed by atoms with E-state index < -0.39 is 5.91 Å². The first kappa shape index (κ1) is 18.9. The monoisotopic (exact) mass is 361 g/mol. The molecule has 1 aromatic carbocycles. The van der Waals surface area contributed by atoms with E-state index in [2.05, 4.69) is 15.6 Å². The number of benzene rings is 1. The first-order valence-electron chi connectivity index (χ1n) is 7.82. The Morgan fingerprint density at radius 3 is 2.80 bits per heavy atom. The van der Waals surface area contributed by atoms with E-state index in [4.69, 9.17) is 16.3 Å². The Balaban J connectivity index is 2.06. The molecule has 0 spiro atoms. The fraction of sp³-hybridized carbons (Fsp3) is 0.278. The lowest BCUT2D eigenvalue weighted by Crippen LogP contribution is -2.26. The average molecular weight is 362 g/mol. The molecule has 0 aliphatic heterocycles. The third-order valence-electron chi connectivity index (χ3n) is 3.58. The van der Waals surface area contributed by atoms with Gasteiger partial charge in [-0.25, -0.2) is 0 Å². The number of halogens is 1. The molecule has 0 atom stereocenters. The number of hydrogen-bond acceptors (Lipinski definition) is 4. The second-order valence-corrected chi connectivity index (χ2v) is 5.81. The first-order chi connectivity index (χ1) is 12.0. The van der Waals surface area contributed by atoms with Gasteiger partial charge in [-0.15, -0.1) is 0 Å². The molecular weight excluding hydrogens is 342 g/mol.